The molecule has 3 unspecified atom stereocenters. The molecule has 3 atom stereocenters. The van der Waals surface area contributed by atoms with Gasteiger partial charge in [0.05, 0.1) is 5.60 Å². The van der Waals surface area contributed by atoms with Crippen molar-refractivity contribution in [1.29, 1.82) is 0 Å². The second-order valence-electron chi connectivity index (χ2n) is 9.37. The second-order valence-corrected chi connectivity index (χ2v) is 9.37. The first kappa shape index (κ1) is 18.9. The van der Waals surface area contributed by atoms with Crippen LogP contribution in [0.15, 0.2) is 12.1 Å². The Kier molecular flexibility index (Phi) is 4.63. The third-order valence-corrected chi connectivity index (χ3v) is 7.57. The molecule has 4 nitrogen and oxygen atoms in total. The number of phenols is 1. The fourth-order valence-corrected chi connectivity index (χ4v) is 5.86. The lowest BCUT2D eigenvalue weighted by atomic mass is 9.55. The maximum atomic E-state index is 13.0. The van der Waals surface area contributed by atoms with Gasteiger partial charge in [-0.1, -0.05) is 13.0 Å². The summed E-state index contributed by atoms with van der Waals surface area (Å²) in [5.74, 6) is 1.14. The molecule has 0 amide bonds. The average Bonchev–Trinajstić information content (AvgIpc) is 3.35. The van der Waals surface area contributed by atoms with Crippen LogP contribution in [0.1, 0.15) is 62.6 Å². The standard InChI is InChI=1S/C23H33NO3/c1-4-16-7-8-19(25)17-13-18-20(26)9-10-22(2,27)23(18,21(16)17)11-12-24(3)14-15-5-6-15/h7-8,15,18,25,27H,4-6,9-14H2,1-3H3. The first-order chi connectivity index (χ1) is 12.8. The van der Waals surface area contributed by atoms with E-state index in [1.54, 1.807) is 6.07 Å². The lowest BCUT2D eigenvalue weighted by molar-refractivity contribution is -0.143. The van der Waals surface area contributed by atoms with E-state index in [1.165, 1.54) is 18.4 Å². The Morgan fingerprint density at radius 2 is 2.04 bits per heavy atom. The number of carbonyl (C=O) groups is 1. The molecule has 3 aliphatic carbocycles. The van der Waals surface area contributed by atoms with E-state index in [0.29, 0.717) is 19.3 Å². The van der Waals surface area contributed by atoms with E-state index >= 15 is 0 Å². The molecule has 2 fully saturated rings. The van der Waals surface area contributed by atoms with Gasteiger partial charge in [0.1, 0.15) is 11.5 Å². The summed E-state index contributed by atoms with van der Waals surface area (Å²) in [6.45, 7) is 6.01. The van der Waals surface area contributed by atoms with E-state index in [4.69, 9.17) is 0 Å². The highest BCUT2D eigenvalue weighted by atomic mass is 16.3. The van der Waals surface area contributed by atoms with Crippen LogP contribution in [0.25, 0.3) is 0 Å². The molecule has 0 spiro atoms. The van der Waals surface area contributed by atoms with E-state index in [9.17, 15) is 15.0 Å². The highest BCUT2D eigenvalue weighted by Crippen LogP contribution is 2.59. The maximum Gasteiger partial charge on any atom is 0.137 e. The zero-order valence-corrected chi connectivity index (χ0v) is 16.9. The molecule has 27 heavy (non-hydrogen) atoms. The normalized spacial score (nSPS) is 32.6. The monoisotopic (exact) mass is 371 g/mol. The van der Waals surface area contributed by atoms with Crippen molar-refractivity contribution in [2.24, 2.45) is 11.8 Å². The molecule has 3 aliphatic rings. The molecule has 2 N–H and O–H groups in total. The lowest BCUT2D eigenvalue weighted by Crippen LogP contribution is -2.59. The predicted octanol–water partition coefficient (Wildman–Crippen LogP) is 3.21. The van der Waals surface area contributed by atoms with Gasteiger partial charge in [-0.3, -0.25) is 4.79 Å². The fraction of sp³-hybridized carbons (Fsp3) is 0.696. The van der Waals surface area contributed by atoms with Crippen molar-refractivity contribution in [3.8, 4) is 5.75 Å². The first-order valence-electron chi connectivity index (χ1n) is 10.6. The number of Topliss-reactive ketones (excluding diaryl/α,β-unsaturated/α-hetero) is 1. The summed E-state index contributed by atoms with van der Waals surface area (Å²) in [4.78, 5) is 15.3. The number of hydrogen-bond donors (Lipinski definition) is 2. The molecule has 0 radical (unpaired) electrons. The maximum absolute atomic E-state index is 13.0. The smallest absolute Gasteiger partial charge is 0.137 e. The summed E-state index contributed by atoms with van der Waals surface area (Å²) in [6.07, 6.45) is 5.77. The van der Waals surface area contributed by atoms with Crippen LogP contribution in [0, 0.1) is 11.8 Å². The second kappa shape index (κ2) is 6.59. The Balaban J connectivity index is 1.79. The molecular formula is C23H33NO3. The first-order valence-corrected chi connectivity index (χ1v) is 10.6. The molecular weight excluding hydrogens is 338 g/mol. The lowest BCUT2D eigenvalue weighted by Gasteiger charge is -2.51. The van der Waals surface area contributed by atoms with Gasteiger partial charge in [0, 0.05) is 24.3 Å². The van der Waals surface area contributed by atoms with Gasteiger partial charge in [-0.2, -0.15) is 0 Å². The zero-order valence-electron chi connectivity index (χ0n) is 16.9. The molecule has 0 saturated heterocycles. The number of rotatable bonds is 6. The molecule has 2 saturated carbocycles. The van der Waals surface area contributed by atoms with Crippen LogP contribution >= 0.6 is 0 Å². The van der Waals surface area contributed by atoms with Gasteiger partial charge < -0.3 is 15.1 Å². The van der Waals surface area contributed by atoms with Crippen LogP contribution in [0.5, 0.6) is 5.75 Å². The number of phenolic OH excluding ortho intramolecular Hbond substituents is 1. The minimum Gasteiger partial charge on any atom is -0.508 e. The summed E-state index contributed by atoms with van der Waals surface area (Å²) in [6, 6.07) is 3.75. The molecule has 0 aromatic heterocycles. The van der Waals surface area contributed by atoms with Crippen molar-refractivity contribution in [2.75, 3.05) is 20.1 Å². The number of aliphatic hydroxyl groups is 1. The van der Waals surface area contributed by atoms with Gasteiger partial charge in [-0.05, 0) is 87.7 Å². The molecule has 1 aromatic carbocycles. The number of aryl methyl sites for hydroxylation is 1. The van der Waals surface area contributed by atoms with Crippen molar-refractivity contribution in [1.82, 2.24) is 4.90 Å². The number of ketones is 1. The van der Waals surface area contributed by atoms with E-state index in [2.05, 4.69) is 18.9 Å². The third kappa shape index (κ3) is 2.92. The van der Waals surface area contributed by atoms with Gasteiger partial charge in [0.15, 0.2) is 0 Å². The fourth-order valence-electron chi connectivity index (χ4n) is 5.86. The van der Waals surface area contributed by atoms with Gasteiger partial charge in [-0.25, -0.2) is 0 Å². The van der Waals surface area contributed by atoms with Crippen molar-refractivity contribution in [2.45, 2.75) is 69.8 Å². The van der Waals surface area contributed by atoms with Crippen molar-refractivity contribution in [3.05, 3.63) is 28.8 Å². The van der Waals surface area contributed by atoms with Crippen LogP contribution < -0.4 is 0 Å². The Bertz CT molecular complexity index is 752. The summed E-state index contributed by atoms with van der Waals surface area (Å²) >= 11 is 0. The Morgan fingerprint density at radius 3 is 2.70 bits per heavy atom. The topological polar surface area (TPSA) is 60.8 Å². The van der Waals surface area contributed by atoms with Crippen LogP contribution in [0.2, 0.25) is 0 Å². The minimum atomic E-state index is -0.936. The van der Waals surface area contributed by atoms with Gasteiger partial charge in [-0.15, -0.1) is 0 Å². The molecule has 4 heteroatoms. The Morgan fingerprint density at radius 1 is 1.30 bits per heavy atom. The molecule has 0 bridgehead atoms. The highest BCUT2D eigenvalue weighted by molar-refractivity contribution is 5.87. The Labute approximate surface area is 162 Å². The number of nitrogens with zero attached hydrogens (tertiary/aromatic N) is 1. The van der Waals surface area contributed by atoms with E-state index < -0.39 is 11.0 Å². The zero-order chi connectivity index (χ0) is 19.4. The van der Waals surface area contributed by atoms with Crippen molar-refractivity contribution < 1.29 is 15.0 Å². The summed E-state index contributed by atoms with van der Waals surface area (Å²) in [7, 11) is 2.16. The molecule has 148 valence electrons. The number of aromatic hydroxyl groups is 1. The predicted molar refractivity (Wildman–Crippen MR) is 106 cm³/mol. The largest absolute Gasteiger partial charge is 0.508 e. The van der Waals surface area contributed by atoms with Crippen molar-refractivity contribution >= 4 is 5.78 Å². The van der Waals surface area contributed by atoms with Crippen LogP contribution in [0.4, 0.5) is 0 Å². The van der Waals surface area contributed by atoms with Gasteiger partial charge in [0.25, 0.3) is 0 Å². The quantitative estimate of drug-likeness (QED) is 0.806. The summed E-state index contributed by atoms with van der Waals surface area (Å²) in [5.41, 5.74) is 1.63. The minimum absolute atomic E-state index is 0.218. The van der Waals surface area contributed by atoms with Crippen LogP contribution in [-0.4, -0.2) is 46.6 Å². The van der Waals surface area contributed by atoms with Gasteiger partial charge >= 0.3 is 0 Å². The van der Waals surface area contributed by atoms with E-state index in [1.807, 2.05) is 13.0 Å². The average molecular weight is 372 g/mol. The summed E-state index contributed by atoms with van der Waals surface area (Å²) in [5, 5.41) is 22.2. The third-order valence-electron chi connectivity index (χ3n) is 7.57. The number of carbonyl (C=O) groups excluding carboxylic acids is 1. The molecule has 0 aliphatic heterocycles. The van der Waals surface area contributed by atoms with Crippen LogP contribution in [0.3, 0.4) is 0 Å². The van der Waals surface area contributed by atoms with Crippen LogP contribution in [-0.2, 0) is 23.1 Å². The SMILES string of the molecule is CCc1ccc(O)c2c1C1(CCN(C)CC3CC3)C(C2)C(=O)CCC1(C)O. The number of hydrogen-bond acceptors (Lipinski definition) is 4. The van der Waals surface area contributed by atoms with E-state index in [0.717, 1.165) is 43.0 Å². The van der Waals surface area contributed by atoms with E-state index in [-0.39, 0.29) is 17.5 Å². The number of benzene rings is 1. The van der Waals surface area contributed by atoms with Gasteiger partial charge in [0.2, 0.25) is 0 Å². The molecule has 0 heterocycles. The Hall–Kier alpha value is -1.39. The molecule has 4 rings (SSSR count). The highest BCUT2D eigenvalue weighted by Gasteiger charge is 2.62. The number of fused-ring (bicyclic) bond motifs is 3. The summed E-state index contributed by atoms with van der Waals surface area (Å²) < 4.78 is 0. The van der Waals surface area contributed by atoms with Crippen molar-refractivity contribution in [3.63, 3.8) is 0 Å². The molecule has 1 aromatic rings.